The second-order valence-electron chi connectivity index (χ2n) is 5.06. The molecule has 0 bridgehead atoms. The number of carbonyl (C=O) groups excluding carboxylic acids is 1. The lowest BCUT2D eigenvalue weighted by Crippen LogP contribution is -2.33. The zero-order valence-electron chi connectivity index (χ0n) is 11.7. The summed E-state index contributed by atoms with van der Waals surface area (Å²) in [5.74, 6) is -2.24. The zero-order chi connectivity index (χ0) is 15.4. The van der Waals surface area contributed by atoms with E-state index in [1.807, 2.05) is 0 Å². The summed E-state index contributed by atoms with van der Waals surface area (Å²) in [4.78, 5) is 11.2. The van der Waals surface area contributed by atoms with Crippen molar-refractivity contribution in [2.75, 3.05) is 11.9 Å². The van der Waals surface area contributed by atoms with Gasteiger partial charge in [-0.05, 0) is 12.8 Å². The van der Waals surface area contributed by atoms with E-state index in [1.165, 1.54) is 0 Å². The maximum absolute atomic E-state index is 14.2. The Morgan fingerprint density at radius 3 is 2.81 bits per heavy atom. The number of hydrazone groups is 1. The Morgan fingerprint density at radius 2 is 2.14 bits per heavy atom. The third-order valence-electron chi connectivity index (χ3n) is 3.43. The standard InChI is InChI=1S/C14H17BrF2N2O2/c1-8-7-11(20)18-19-14(8)9-3-4-10(13(17)12(9)16)21-6-2-5-15/h8H,2-7H2,1H3,(H,18,20). The Kier molecular flexibility index (Phi) is 5.50. The van der Waals surface area contributed by atoms with Crippen LogP contribution in [0, 0.1) is 5.92 Å². The highest BCUT2D eigenvalue weighted by Crippen LogP contribution is 2.35. The number of carbonyl (C=O) groups is 1. The number of ether oxygens (including phenoxy) is 1. The topological polar surface area (TPSA) is 50.7 Å². The fourth-order valence-corrected chi connectivity index (χ4v) is 2.59. The van der Waals surface area contributed by atoms with E-state index >= 15 is 0 Å². The summed E-state index contributed by atoms with van der Waals surface area (Å²) in [5, 5.41) is 4.63. The summed E-state index contributed by atoms with van der Waals surface area (Å²) >= 11 is 3.25. The van der Waals surface area contributed by atoms with Crippen LogP contribution in [-0.4, -0.2) is 23.6 Å². The van der Waals surface area contributed by atoms with Crippen molar-refractivity contribution in [1.82, 2.24) is 5.43 Å². The van der Waals surface area contributed by atoms with Crippen LogP contribution in [0.2, 0.25) is 0 Å². The van der Waals surface area contributed by atoms with Crippen molar-refractivity contribution in [3.63, 3.8) is 0 Å². The molecule has 0 saturated heterocycles. The number of hydrogen-bond acceptors (Lipinski definition) is 3. The van der Waals surface area contributed by atoms with Crippen LogP contribution in [0.3, 0.4) is 0 Å². The molecule has 1 heterocycles. The molecule has 4 nitrogen and oxygen atoms in total. The van der Waals surface area contributed by atoms with Gasteiger partial charge in [-0.3, -0.25) is 4.79 Å². The monoisotopic (exact) mass is 362 g/mol. The fourth-order valence-electron chi connectivity index (χ4n) is 2.36. The average molecular weight is 363 g/mol. The van der Waals surface area contributed by atoms with Gasteiger partial charge in [-0.15, -0.1) is 0 Å². The lowest BCUT2D eigenvalue weighted by Gasteiger charge is -2.24. The molecule has 0 aromatic carbocycles. The van der Waals surface area contributed by atoms with Crippen LogP contribution in [0.4, 0.5) is 8.78 Å². The largest absolute Gasteiger partial charge is 0.495 e. The highest BCUT2D eigenvalue weighted by Gasteiger charge is 2.31. The van der Waals surface area contributed by atoms with Crippen molar-refractivity contribution in [3.05, 3.63) is 23.0 Å². The second-order valence-corrected chi connectivity index (χ2v) is 5.85. The Balaban J connectivity index is 2.20. The van der Waals surface area contributed by atoms with Gasteiger partial charge in [-0.2, -0.15) is 5.10 Å². The van der Waals surface area contributed by atoms with E-state index in [4.69, 9.17) is 4.74 Å². The normalized spacial score (nSPS) is 23.1. The minimum absolute atomic E-state index is 0.0605. The van der Waals surface area contributed by atoms with Crippen LogP contribution >= 0.6 is 15.9 Å². The number of allylic oxidation sites excluding steroid dienone is 4. The third kappa shape index (κ3) is 3.70. The quantitative estimate of drug-likeness (QED) is 0.601. The Morgan fingerprint density at radius 1 is 1.38 bits per heavy atom. The average Bonchev–Trinajstić information content (AvgIpc) is 2.45. The van der Waals surface area contributed by atoms with Gasteiger partial charge in [0.05, 0.1) is 12.3 Å². The number of alkyl halides is 1. The molecule has 21 heavy (non-hydrogen) atoms. The van der Waals surface area contributed by atoms with Gasteiger partial charge in [0.2, 0.25) is 5.91 Å². The van der Waals surface area contributed by atoms with E-state index in [0.717, 1.165) is 11.8 Å². The lowest BCUT2D eigenvalue weighted by molar-refractivity contribution is -0.121. The van der Waals surface area contributed by atoms with Gasteiger partial charge >= 0.3 is 0 Å². The van der Waals surface area contributed by atoms with Crippen molar-refractivity contribution in [2.45, 2.75) is 32.6 Å². The van der Waals surface area contributed by atoms with E-state index in [9.17, 15) is 13.6 Å². The number of halogens is 3. The van der Waals surface area contributed by atoms with Gasteiger partial charge in [-0.25, -0.2) is 14.2 Å². The van der Waals surface area contributed by atoms with Gasteiger partial charge in [0.25, 0.3) is 0 Å². The summed E-state index contributed by atoms with van der Waals surface area (Å²) < 4.78 is 33.5. The molecule has 1 aliphatic heterocycles. The summed E-state index contributed by atoms with van der Waals surface area (Å²) in [5.41, 5.74) is 2.97. The van der Waals surface area contributed by atoms with Crippen LogP contribution in [0.1, 0.15) is 32.6 Å². The molecule has 2 rings (SSSR count). The molecule has 0 spiro atoms. The third-order valence-corrected chi connectivity index (χ3v) is 3.99. The number of nitrogens with one attached hydrogen (secondary N) is 1. The zero-order valence-corrected chi connectivity index (χ0v) is 13.3. The molecule has 1 aliphatic carbocycles. The van der Waals surface area contributed by atoms with Gasteiger partial charge in [-0.1, -0.05) is 22.9 Å². The minimum atomic E-state index is -0.947. The summed E-state index contributed by atoms with van der Waals surface area (Å²) in [6.07, 6.45) is 1.58. The maximum atomic E-state index is 14.2. The van der Waals surface area contributed by atoms with Crippen molar-refractivity contribution in [2.24, 2.45) is 11.0 Å². The first-order valence-corrected chi connectivity index (χ1v) is 8.00. The molecular formula is C14H17BrF2N2O2. The predicted octanol–water partition coefficient (Wildman–Crippen LogP) is 3.50. The smallest absolute Gasteiger partial charge is 0.240 e. The first kappa shape index (κ1) is 16.1. The molecule has 116 valence electrons. The summed E-state index contributed by atoms with van der Waals surface area (Å²) in [6, 6.07) is 0. The van der Waals surface area contributed by atoms with Crippen LogP contribution < -0.4 is 5.43 Å². The Labute approximate surface area is 130 Å². The molecule has 0 aromatic rings. The van der Waals surface area contributed by atoms with Crippen LogP contribution in [0.15, 0.2) is 28.1 Å². The van der Waals surface area contributed by atoms with Gasteiger partial charge in [0.1, 0.15) is 5.76 Å². The molecule has 1 atom stereocenters. The van der Waals surface area contributed by atoms with Crippen molar-refractivity contribution >= 4 is 27.5 Å². The summed E-state index contributed by atoms with van der Waals surface area (Å²) in [6.45, 7) is 2.13. The highest BCUT2D eigenvalue weighted by molar-refractivity contribution is 9.09. The number of amides is 1. The predicted molar refractivity (Wildman–Crippen MR) is 79.2 cm³/mol. The SMILES string of the molecule is CC1CC(=O)NN=C1C1=C(F)C(F)=C(OCCCBr)CC1. The van der Waals surface area contributed by atoms with Crippen molar-refractivity contribution in [3.8, 4) is 0 Å². The van der Waals surface area contributed by atoms with Crippen molar-refractivity contribution in [1.29, 1.82) is 0 Å². The first-order valence-electron chi connectivity index (χ1n) is 6.87. The molecule has 1 N–H and O–H groups in total. The number of nitrogens with zero attached hydrogens (tertiary/aromatic N) is 1. The molecule has 0 saturated carbocycles. The second kappa shape index (κ2) is 7.15. The lowest BCUT2D eigenvalue weighted by atomic mass is 9.88. The number of rotatable bonds is 5. The molecule has 1 amide bonds. The molecule has 1 unspecified atom stereocenters. The van der Waals surface area contributed by atoms with E-state index in [1.54, 1.807) is 6.92 Å². The molecule has 0 radical (unpaired) electrons. The first-order chi connectivity index (χ1) is 10.0. The van der Waals surface area contributed by atoms with Crippen molar-refractivity contribution < 1.29 is 18.3 Å². The Hall–Kier alpha value is -1.24. The van der Waals surface area contributed by atoms with Crippen LogP contribution in [-0.2, 0) is 9.53 Å². The molecule has 0 aromatic heterocycles. The van der Waals surface area contributed by atoms with Gasteiger partial charge in [0.15, 0.2) is 11.7 Å². The molecular weight excluding hydrogens is 346 g/mol. The minimum Gasteiger partial charge on any atom is -0.495 e. The summed E-state index contributed by atoms with van der Waals surface area (Å²) in [7, 11) is 0. The van der Waals surface area contributed by atoms with E-state index in [-0.39, 0.29) is 29.6 Å². The van der Waals surface area contributed by atoms with E-state index in [2.05, 4.69) is 26.5 Å². The number of hydrogen-bond donors (Lipinski definition) is 1. The van der Waals surface area contributed by atoms with E-state index in [0.29, 0.717) is 25.2 Å². The van der Waals surface area contributed by atoms with Gasteiger partial charge in [0, 0.05) is 29.7 Å². The Bertz CT molecular complexity index is 529. The maximum Gasteiger partial charge on any atom is 0.240 e. The molecule has 7 heteroatoms. The molecule has 0 fully saturated rings. The van der Waals surface area contributed by atoms with Crippen LogP contribution in [0.25, 0.3) is 0 Å². The van der Waals surface area contributed by atoms with Crippen LogP contribution in [0.5, 0.6) is 0 Å². The molecule has 2 aliphatic rings. The van der Waals surface area contributed by atoms with Gasteiger partial charge < -0.3 is 4.74 Å². The van der Waals surface area contributed by atoms with E-state index < -0.39 is 11.7 Å². The highest BCUT2D eigenvalue weighted by atomic mass is 79.9. The fraction of sp³-hybridized carbons (Fsp3) is 0.571.